The number of ether oxygens (including phenoxy) is 2. The maximum atomic E-state index is 12.4. The molecule has 0 saturated heterocycles. The normalized spacial score (nSPS) is 13.6. The zero-order valence-corrected chi connectivity index (χ0v) is 20.5. The van der Waals surface area contributed by atoms with Crippen molar-refractivity contribution in [3.8, 4) is 5.88 Å². The smallest absolute Gasteiger partial charge is 0.407 e. The minimum absolute atomic E-state index is 0.00751. The van der Waals surface area contributed by atoms with Crippen molar-refractivity contribution in [2.75, 3.05) is 6.61 Å². The van der Waals surface area contributed by atoms with Crippen LogP contribution in [0.1, 0.15) is 65.9 Å². The molecule has 1 aromatic rings. The van der Waals surface area contributed by atoms with E-state index in [4.69, 9.17) is 13.9 Å². The van der Waals surface area contributed by atoms with E-state index >= 15 is 0 Å². The van der Waals surface area contributed by atoms with Crippen molar-refractivity contribution in [3.05, 3.63) is 11.8 Å². The second-order valence-electron chi connectivity index (χ2n) is 9.68. The highest BCUT2D eigenvalue weighted by Crippen LogP contribution is 2.37. The van der Waals surface area contributed by atoms with Gasteiger partial charge < -0.3 is 19.2 Å². The SMILES string of the molecule is CCOC(=O)c1cc(O[Si](C)(C)C(C)(C)C)nn1C[C@@H](C)NC(=O)OC(C)(C)C. The highest BCUT2D eigenvalue weighted by Gasteiger charge is 2.40. The number of aromatic nitrogens is 2. The Balaban J connectivity index is 3.04. The second kappa shape index (κ2) is 9.19. The van der Waals surface area contributed by atoms with Gasteiger partial charge in [-0.25, -0.2) is 9.59 Å². The summed E-state index contributed by atoms with van der Waals surface area (Å²) in [6.45, 7) is 20.1. The molecule has 9 heteroatoms. The summed E-state index contributed by atoms with van der Waals surface area (Å²) in [5.74, 6) is -0.0846. The minimum atomic E-state index is -2.12. The zero-order chi connectivity index (χ0) is 22.6. The van der Waals surface area contributed by atoms with Crippen molar-refractivity contribution in [2.24, 2.45) is 0 Å². The summed E-state index contributed by atoms with van der Waals surface area (Å²) in [5.41, 5.74) is -0.297. The average molecular weight is 428 g/mol. The van der Waals surface area contributed by atoms with Crippen molar-refractivity contribution >= 4 is 20.4 Å². The van der Waals surface area contributed by atoms with E-state index in [1.165, 1.54) is 4.68 Å². The monoisotopic (exact) mass is 427 g/mol. The molecule has 29 heavy (non-hydrogen) atoms. The maximum absolute atomic E-state index is 12.4. The Hall–Kier alpha value is -2.03. The van der Waals surface area contributed by atoms with E-state index < -0.39 is 26.0 Å². The summed E-state index contributed by atoms with van der Waals surface area (Å²) < 4.78 is 18.2. The number of alkyl carbamates (subject to hydrolysis) is 1. The molecule has 1 heterocycles. The molecule has 0 fully saturated rings. The molecule has 0 aliphatic carbocycles. The summed E-state index contributed by atoms with van der Waals surface area (Å²) >= 11 is 0. The van der Waals surface area contributed by atoms with Crippen molar-refractivity contribution in [1.29, 1.82) is 0 Å². The summed E-state index contributed by atoms with van der Waals surface area (Å²) in [4.78, 5) is 24.4. The van der Waals surface area contributed by atoms with Crippen LogP contribution in [0.5, 0.6) is 5.88 Å². The Kier molecular flexibility index (Phi) is 7.92. The van der Waals surface area contributed by atoms with Crippen LogP contribution in [0.3, 0.4) is 0 Å². The lowest BCUT2D eigenvalue weighted by molar-refractivity contribution is 0.0501. The highest BCUT2D eigenvalue weighted by atomic mass is 28.4. The number of esters is 1. The predicted molar refractivity (Wildman–Crippen MR) is 115 cm³/mol. The molecule has 8 nitrogen and oxygen atoms in total. The molecular formula is C20H37N3O5Si. The number of hydrogen-bond donors (Lipinski definition) is 1. The van der Waals surface area contributed by atoms with Gasteiger partial charge in [0.2, 0.25) is 5.88 Å². The van der Waals surface area contributed by atoms with E-state index in [2.05, 4.69) is 44.3 Å². The second-order valence-corrected chi connectivity index (χ2v) is 14.4. The van der Waals surface area contributed by atoms with Gasteiger partial charge in [0, 0.05) is 12.1 Å². The van der Waals surface area contributed by atoms with Gasteiger partial charge in [-0.05, 0) is 52.8 Å². The third kappa shape index (κ3) is 7.72. The Morgan fingerprint density at radius 3 is 2.28 bits per heavy atom. The van der Waals surface area contributed by atoms with Crippen LogP contribution < -0.4 is 9.74 Å². The predicted octanol–water partition coefficient (Wildman–Crippen LogP) is 4.36. The first kappa shape index (κ1) is 25.0. The third-order valence-corrected chi connectivity index (χ3v) is 8.95. The van der Waals surface area contributed by atoms with E-state index in [1.54, 1.807) is 33.8 Å². The Morgan fingerprint density at radius 2 is 1.79 bits per heavy atom. The Labute approximate surface area is 175 Å². The van der Waals surface area contributed by atoms with Crippen LogP contribution in [0.15, 0.2) is 6.07 Å². The van der Waals surface area contributed by atoms with Crippen molar-refractivity contribution in [1.82, 2.24) is 15.1 Å². The molecule has 0 saturated carbocycles. The molecule has 0 unspecified atom stereocenters. The minimum Gasteiger partial charge on any atom is -0.530 e. The van der Waals surface area contributed by atoms with Gasteiger partial charge in [-0.3, -0.25) is 4.68 Å². The molecule has 1 aromatic heterocycles. The van der Waals surface area contributed by atoms with Gasteiger partial charge in [0.15, 0.2) is 0 Å². The third-order valence-electron chi connectivity index (χ3n) is 4.62. The molecular weight excluding hydrogens is 390 g/mol. The molecule has 1 rings (SSSR count). The molecule has 0 aromatic carbocycles. The summed E-state index contributed by atoms with van der Waals surface area (Å²) in [6, 6.07) is 1.29. The van der Waals surface area contributed by atoms with Gasteiger partial charge in [0.25, 0.3) is 8.32 Å². The number of carbonyl (C=O) groups is 2. The lowest BCUT2D eigenvalue weighted by Crippen LogP contribution is -2.44. The molecule has 1 atom stereocenters. The average Bonchev–Trinajstić information content (AvgIpc) is 2.85. The molecule has 0 bridgehead atoms. The van der Waals surface area contributed by atoms with Gasteiger partial charge in [-0.15, -0.1) is 5.10 Å². The van der Waals surface area contributed by atoms with Gasteiger partial charge in [0.1, 0.15) is 11.3 Å². The number of rotatable bonds is 7. The van der Waals surface area contributed by atoms with Crippen LogP contribution in [0.25, 0.3) is 0 Å². The summed E-state index contributed by atoms with van der Waals surface area (Å²) in [5, 5.41) is 7.22. The standard InChI is InChI=1S/C20H37N3O5Si/c1-11-26-17(24)15-12-16(28-29(9,10)20(6,7)8)22-23(15)13-14(2)21-18(25)27-19(3,4)5/h12,14H,11,13H2,1-10H3,(H,21,25)/t14-/m1/s1. The van der Waals surface area contributed by atoms with E-state index in [0.717, 1.165) is 0 Å². The van der Waals surface area contributed by atoms with Crippen LogP contribution >= 0.6 is 0 Å². The number of carbonyl (C=O) groups excluding carboxylic acids is 2. The first-order valence-electron chi connectivity index (χ1n) is 9.99. The van der Waals surface area contributed by atoms with Gasteiger partial charge in [0.05, 0.1) is 13.2 Å². The fraction of sp³-hybridized carbons (Fsp3) is 0.750. The van der Waals surface area contributed by atoms with Gasteiger partial charge in [-0.1, -0.05) is 20.8 Å². The molecule has 166 valence electrons. The quantitative estimate of drug-likeness (QED) is 0.513. The first-order chi connectivity index (χ1) is 13.1. The lowest BCUT2D eigenvalue weighted by atomic mass is 10.2. The highest BCUT2D eigenvalue weighted by molar-refractivity contribution is 6.74. The number of nitrogens with zero attached hydrogens (tertiary/aromatic N) is 2. The molecule has 0 aliphatic rings. The molecule has 1 N–H and O–H groups in total. The van der Waals surface area contributed by atoms with Crippen LogP contribution in [0.2, 0.25) is 18.1 Å². The maximum Gasteiger partial charge on any atom is 0.407 e. The Morgan fingerprint density at radius 1 is 1.21 bits per heavy atom. The van der Waals surface area contributed by atoms with E-state index in [-0.39, 0.29) is 24.2 Å². The first-order valence-corrected chi connectivity index (χ1v) is 12.9. The van der Waals surface area contributed by atoms with Crippen molar-refractivity contribution in [3.63, 3.8) is 0 Å². The fourth-order valence-corrected chi connectivity index (χ4v) is 3.11. The summed E-state index contributed by atoms with van der Waals surface area (Å²) in [7, 11) is -2.12. The van der Waals surface area contributed by atoms with Crippen LogP contribution in [0, 0.1) is 0 Å². The molecule has 1 amide bonds. The summed E-state index contributed by atoms with van der Waals surface area (Å²) in [6.07, 6.45) is -0.521. The van der Waals surface area contributed by atoms with Gasteiger partial charge in [-0.2, -0.15) is 0 Å². The lowest BCUT2D eigenvalue weighted by Gasteiger charge is -2.35. The van der Waals surface area contributed by atoms with E-state index in [9.17, 15) is 9.59 Å². The van der Waals surface area contributed by atoms with Crippen LogP contribution in [-0.4, -0.2) is 48.4 Å². The van der Waals surface area contributed by atoms with Gasteiger partial charge >= 0.3 is 12.1 Å². The fourth-order valence-electron chi connectivity index (χ4n) is 2.18. The largest absolute Gasteiger partial charge is 0.530 e. The van der Waals surface area contributed by atoms with Crippen LogP contribution in [-0.2, 0) is 16.0 Å². The zero-order valence-electron chi connectivity index (χ0n) is 19.5. The molecule has 0 aliphatic heterocycles. The van der Waals surface area contributed by atoms with Crippen molar-refractivity contribution in [2.45, 2.75) is 91.7 Å². The number of hydrogen-bond acceptors (Lipinski definition) is 6. The van der Waals surface area contributed by atoms with E-state index in [0.29, 0.717) is 11.6 Å². The molecule has 0 radical (unpaired) electrons. The number of nitrogens with one attached hydrogen (secondary N) is 1. The number of amides is 1. The molecule has 0 spiro atoms. The van der Waals surface area contributed by atoms with E-state index in [1.807, 2.05) is 6.92 Å². The van der Waals surface area contributed by atoms with Crippen molar-refractivity contribution < 1.29 is 23.5 Å². The topological polar surface area (TPSA) is 91.7 Å². The van der Waals surface area contributed by atoms with Crippen LogP contribution in [0.4, 0.5) is 4.79 Å². The Bertz CT molecular complexity index is 717.